The molecule has 1 saturated carbocycles. The van der Waals surface area contributed by atoms with Crippen molar-refractivity contribution in [2.45, 2.75) is 44.5 Å². The molecule has 4 aromatic rings. The fourth-order valence-electron chi connectivity index (χ4n) is 3.61. The van der Waals surface area contributed by atoms with Crippen LogP contribution in [0.3, 0.4) is 0 Å². The number of hydrogen-bond acceptors (Lipinski definition) is 9. The molecule has 4 heterocycles. The second kappa shape index (κ2) is 10.6. The SMILES string of the molecule is CC(C)Nc1cc(Nc2ccnc(-c3cnn(S(=O)(=O)C4CC4)c3)n2)ncc1C#Cc1cnn(CCF)c1. The van der Waals surface area contributed by atoms with Crippen LogP contribution in [0.4, 0.5) is 21.7 Å². The van der Waals surface area contributed by atoms with E-state index in [1.807, 2.05) is 19.9 Å². The molecule has 0 aromatic carbocycles. The van der Waals surface area contributed by atoms with E-state index in [1.54, 1.807) is 30.9 Å². The molecule has 38 heavy (non-hydrogen) atoms. The first kappa shape index (κ1) is 25.3. The van der Waals surface area contributed by atoms with Gasteiger partial charge >= 0.3 is 0 Å². The minimum absolute atomic E-state index is 0.146. The van der Waals surface area contributed by atoms with Crippen LogP contribution < -0.4 is 10.6 Å². The van der Waals surface area contributed by atoms with Crippen LogP contribution >= 0.6 is 0 Å². The van der Waals surface area contributed by atoms with E-state index < -0.39 is 16.7 Å². The normalized spacial score (nSPS) is 13.3. The van der Waals surface area contributed by atoms with Crippen LogP contribution in [-0.2, 0) is 16.6 Å². The van der Waals surface area contributed by atoms with Gasteiger partial charge in [0.05, 0.1) is 52.8 Å². The zero-order valence-corrected chi connectivity index (χ0v) is 21.7. The third-order valence-corrected chi connectivity index (χ3v) is 7.61. The summed E-state index contributed by atoms with van der Waals surface area (Å²) in [5.74, 6) is 7.50. The number of aryl methyl sites for hydroxylation is 1. The summed E-state index contributed by atoms with van der Waals surface area (Å²) in [5, 5.41) is 14.3. The van der Waals surface area contributed by atoms with Gasteiger partial charge in [0.15, 0.2) is 5.82 Å². The summed E-state index contributed by atoms with van der Waals surface area (Å²) < 4.78 is 39.9. The Balaban J connectivity index is 1.36. The van der Waals surface area contributed by atoms with Gasteiger partial charge in [-0.25, -0.2) is 27.8 Å². The summed E-state index contributed by atoms with van der Waals surface area (Å²) >= 11 is 0. The monoisotopic (exact) mass is 535 g/mol. The van der Waals surface area contributed by atoms with Crippen molar-refractivity contribution in [3.63, 3.8) is 0 Å². The van der Waals surface area contributed by atoms with Gasteiger partial charge in [-0.2, -0.15) is 14.3 Å². The highest BCUT2D eigenvalue weighted by atomic mass is 32.2. The van der Waals surface area contributed by atoms with Crippen molar-refractivity contribution in [1.82, 2.24) is 33.9 Å². The van der Waals surface area contributed by atoms with E-state index >= 15 is 0 Å². The van der Waals surface area contributed by atoms with E-state index in [-0.39, 0.29) is 17.8 Å². The predicted molar refractivity (Wildman–Crippen MR) is 141 cm³/mol. The Hall–Kier alpha value is -4.31. The van der Waals surface area contributed by atoms with Crippen molar-refractivity contribution in [3.05, 3.63) is 60.4 Å². The maximum atomic E-state index is 12.5. The standard InChI is InChI=1S/C25H26FN9O2S/c1-17(2)31-22-11-24(28-13-19(22)4-3-18-12-29-34(15-18)10-8-26)32-23-7-9-27-25(33-23)20-14-30-35(16-20)38(36,37)21-5-6-21/h7,9,11-17,21H,5-6,8,10H2,1-2H3,(H2,27,28,31,32,33). The highest BCUT2D eigenvalue weighted by molar-refractivity contribution is 7.90. The van der Waals surface area contributed by atoms with Gasteiger partial charge in [-0.15, -0.1) is 0 Å². The number of nitrogens with zero attached hydrogens (tertiary/aromatic N) is 7. The van der Waals surface area contributed by atoms with E-state index in [4.69, 9.17) is 0 Å². The maximum absolute atomic E-state index is 12.5. The molecule has 11 nitrogen and oxygen atoms in total. The summed E-state index contributed by atoms with van der Waals surface area (Å²) in [6.07, 6.45) is 10.7. The summed E-state index contributed by atoms with van der Waals surface area (Å²) in [5.41, 5.74) is 2.64. The molecule has 0 spiro atoms. The highest BCUT2D eigenvalue weighted by Crippen LogP contribution is 2.30. The lowest BCUT2D eigenvalue weighted by Gasteiger charge is -2.14. The number of aromatic nitrogens is 7. The minimum Gasteiger partial charge on any atom is -0.382 e. The van der Waals surface area contributed by atoms with Crippen LogP contribution in [0.2, 0.25) is 0 Å². The highest BCUT2D eigenvalue weighted by Gasteiger charge is 2.37. The number of pyridine rings is 1. The minimum atomic E-state index is -3.47. The van der Waals surface area contributed by atoms with E-state index in [1.165, 1.54) is 17.1 Å². The molecule has 0 unspecified atom stereocenters. The van der Waals surface area contributed by atoms with Gasteiger partial charge in [-0.3, -0.25) is 4.68 Å². The van der Waals surface area contributed by atoms with Crippen LogP contribution in [0.1, 0.15) is 37.8 Å². The molecule has 0 saturated heterocycles. The third-order valence-electron chi connectivity index (χ3n) is 5.57. The van der Waals surface area contributed by atoms with Crippen molar-refractivity contribution in [2.75, 3.05) is 17.3 Å². The Labute approximate surface area is 219 Å². The van der Waals surface area contributed by atoms with Crippen LogP contribution in [-0.4, -0.2) is 60.3 Å². The smallest absolute Gasteiger partial charge is 0.256 e. The molecule has 1 aliphatic carbocycles. The first-order valence-corrected chi connectivity index (χ1v) is 13.6. The van der Waals surface area contributed by atoms with Crippen molar-refractivity contribution in [1.29, 1.82) is 0 Å². The molecule has 0 amide bonds. The second-order valence-electron chi connectivity index (χ2n) is 9.08. The second-order valence-corrected chi connectivity index (χ2v) is 11.2. The number of rotatable bonds is 9. The summed E-state index contributed by atoms with van der Waals surface area (Å²) in [7, 11) is -3.47. The zero-order chi connectivity index (χ0) is 26.7. The molecule has 13 heteroatoms. The summed E-state index contributed by atoms with van der Waals surface area (Å²) in [6, 6.07) is 3.67. The molecule has 196 valence electrons. The number of anilines is 3. The molecule has 5 rings (SSSR count). The molecule has 1 fully saturated rings. The summed E-state index contributed by atoms with van der Waals surface area (Å²) in [6.45, 7) is 3.74. The van der Waals surface area contributed by atoms with Gasteiger partial charge in [-0.05, 0) is 32.8 Å². The molecule has 0 bridgehead atoms. The number of hydrogen-bond donors (Lipinski definition) is 2. The van der Waals surface area contributed by atoms with E-state index in [0.29, 0.717) is 47.0 Å². The average Bonchev–Trinajstić information content (AvgIpc) is 3.46. The largest absolute Gasteiger partial charge is 0.382 e. The van der Waals surface area contributed by atoms with Crippen LogP contribution in [0.25, 0.3) is 11.4 Å². The lowest BCUT2D eigenvalue weighted by molar-refractivity contribution is 0.427. The number of halogens is 1. The van der Waals surface area contributed by atoms with Gasteiger partial charge in [0.2, 0.25) is 0 Å². The van der Waals surface area contributed by atoms with Crippen molar-refractivity contribution in [2.24, 2.45) is 0 Å². The molecule has 2 N–H and O–H groups in total. The molecular weight excluding hydrogens is 509 g/mol. The Bertz CT molecular complexity index is 1610. The Morgan fingerprint density at radius 2 is 1.95 bits per heavy atom. The molecule has 0 aliphatic heterocycles. The maximum Gasteiger partial charge on any atom is 0.256 e. The lowest BCUT2D eigenvalue weighted by Crippen LogP contribution is -2.17. The van der Waals surface area contributed by atoms with Crippen LogP contribution in [0.15, 0.2) is 49.3 Å². The first-order chi connectivity index (χ1) is 18.3. The van der Waals surface area contributed by atoms with Gasteiger partial charge < -0.3 is 10.6 Å². The van der Waals surface area contributed by atoms with Crippen molar-refractivity contribution >= 4 is 27.3 Å². The van der Waals surface area contributed by atoms with E-state index in [2.05, 4.69) is 47.6 Å². The van der Waals surface area contributed by atoms with Gasteiger partial charge in [0, 0.05) is 30.7 Å². The van der Waals surface area contributed by atoms with Crippen molar-refractivity contribution in [3.8, 4) is 23.2 Å². The molecule has 0 radical (unpaired) electrons. The molecular formula is C25H26FN9O2S. The van der Waals surface area contributed by atoms with E-state index in [0.717, 1.165) is 9.77 Å². The Morgan fingerprint density at radius 1 is 1.11 bits per heavy atom. The summed E-state index contributed by atoms with van der Waals surface area (Å²) in [4.78, 5) is 13.2. The van der Waals surface area contributed by atoms with Gasteiger partial charge in [0.1, 0.15) is 18.3 Å². The van der Waals surface area contributed by atoms with Crippen LogP contribution in [0.5, 0.6) is 0 Å². The topological polar surface area (TPSA) is 133 Å². The van der Waals surface area contributed by atoms with Gasteiger partial charge in [-0.1, -0.05) is 11.8 Å². The van der Waals surface area contributed by atoms with E-state index in [9.17, 15) is 12.8 Å². The fraction of sp³-hybridized carbons (Fsp3) is 0.320. The first-order valence-electron chi connectivity index (χ1n) is 12.1. The quantitative estimate of drug-likeness (QED) is 0.310. The van der Waals surface area contributed by atoms with Gasteiger partial charge in [0.25, 0.3) is 10.0 Å². The van der Waals surface area contributed by atoms with Crippen molar-refractivity contribution < 1.29 is 12.8 Å². The molecule has 0 atom stereocenters. The predicted octanol–water partition coefficient (Wildman–Crippen LogP) is 3.21. The molecule has 4 aromatic heterocycles. The Kier molecular flexibility index (Phi) is 7.06. The molecule has 1 aliphatic rings. The fourth-order valence-corrected chi connectivity index (χ4v) is 5.08. The number of nitrogens with one attached hydrogen (secondary N) is 2. The van der Waals surface area contributed by atoms with Crippen LogP contribution in [0, 0.1) is 11.8 Å². The number of alkyl halides is 1. The average molecular weight is 536 g/mol. The third kappa shape index (κ3) is 5.81. The Morgan fingerprint density at radius 3 is 2.71 bits per heavy atom. The zero-order valence-electron chi connectivity index (χ0n) is 20.8. The lowest BCUT2D eigenvalue weighted by atomic mass is 10.2.